The van der Waals surface area contributed by atoms with Gasteiger partial charge < -0.3 is 10.6 Å². The predicted molar refractivity (Wildman–Crippen MR) is 107 cm³/mol. The van der Waals surface area contributed by atoms with Gasteiger partial charge in [0.1, 0.15) is 11.6 Å². The van der Waals surface area contributed by atoms with Crippen LogP contribution >= 0.6 is 0 Å². The van der Waals surface area contributed by atoms with Gasteiger partial charge in [0.05, 0.1) is 16.8 Å². The summed E-state index contributed by atoms with van der Waals surface area (Å²) < 4.78 is 26.7. The number of aromatic nitrogens is 1. The van der Waals surface area contributed by atoms with Gasteiger partial charge >= 0.3 is 0 Å². The molecule has 2 N–H and O–H groups in total. The summed E-state index contributed by atoms with van der Waals surface area (Å²) in [6, 6.07) is 11.6. The maximum atomic E-state index is 13.7. The normalized spacial score (nSPS) is 10.7. The fourth-order valence-electron chi connectivity index (χ4n) is 2.63. The highest BCUT2D eigenvalue weighted by Crippen LogP contribution is 2.19. The number of nitrogens with one attached hydrogen (secondary N) is 2. The zero-order valence-corrected chi connectivity index (χ0v) is 15.9. The summed E-state index contributed by atoms with van der Waals surface area (Å²) >= 11 is 0. The lowest BCUT2D eigenvalue weighted by Crippen LogP contribution is -2.16. The lowest BCUT2D eigenvalue weighted by molar-refractivity contribution is 0.102. The quantitative estimate of drug-likeness (QED) is 0.640. The first-order chi connectivity index (χ1) is 13.8. The molecule has 0 atom stereocenters. The van der Waals surface area contributed by atoms with E-state index in [1.807, 2.05) is 12.1 Å². The van der Waals surface area contributed by atoms with Gasteiger partial charge in [0, 0.05) is 24.1 Å². The number of benzene rings is 2. The van der Waals surface area contributed by atoms with Crippen LogP contribution in [0.25, 0.3) is 0 Å². The van der Waals surface area contributed by atoms with Crippen LogP contribution < -0.4 is 10.6 Å². The van der Waals surface area contributed by atoms with Crippen LogP contribution in [-0.2, 0) is 0 Å². The molecule has 148 valence electrons. The molecule has 29 heavy (non-hydrogen) atoms. The molecule has 0 aliphatic heterocycles. The van der Waals surface area contributed by atoms with E-state index in [1.165, 1.54) is 18.5 Å². The maximum Gasteiger partial charge on any atom is 0.257 e. The second kappa shape index (κ2) is 8.60. The average Bonchev–Trinajstić information content (AvgIpc) is 2.70. The largest absolute Gasteiger partial charge is 0.322 e. The van der Waals surface area contributed by atoms with Gasteiger partial charge in [-0.2, -0.15) is 0 Å². The molecule has 0 spiro atoms. The molecule has 3 rings (SSSR count). The van der Waals surface area contributed by atoms with Crippen molar-refractivity contribution in [1.29, 1.82) is 0 Å². The predicted octanol–water partition coefficient (Wildman–Crippen LogP) is 4.99. The molecule has 0 saturated carbocycles. The van der Waals surface area contributed by atoms with Crippen LogP contribution in [0.3, 0.4) is 0 Å². The van der Waals surface area contributed by atoms with Crippen molar-refractivity contribution in [3.05, 3.63) is 89.2 Å². The molecule has 1 heterocycles. The first-order valence-electron chi connectivity index (χ1n) is 8.96. The number of amides is 2. The summed E-state index contributed by atoms with van der Waals surface area (Å²) in [6.07, 6.45) is 2.58. The minimum atomic E-state index is -0.898. The summed E-state index contributed by atoms with van der Waals surface area (Å²) in [7, 11) is 0. The van der Waals surface area contributed by atoms with E-state index in [4.69, 9.17) is 0 Å². The molecule has 0 bridgehead atoms. The zero-order valence-electron chi connectivity index (χ0n) is 15.9. The Kier molecular flexibility index (Phi) is 5.97. The maximum absolute atomic E-state index is 13.7. The van der Waals surface area contributed by atoms with E-state index in [1.54, 1.807) is 12.1 Å². The molecule has 2 aromatic carbocycles. The van der Waals surface area contributed by atoms with E-state index in [-0.39, 0.29) is 16.8 Å². The highest BCUT2D eigenvalue weighted by atomic mass is 19.1. The van der Waals surface area contributed by atoms with E-state index in [0.717, 1.165) is 17.7 Å². The summed E-state index contributed by atoms with van der Waals surface area (Å²) in [4.78, 5) is 28.7. The fraction of sp³-hybridized carbons (Fsp3) is 0.136. The Labute approximate surface area is 166 Å². The number of carbonyl (C=O) groups is 2. The Balaban J connectivity index is 1.72. The van der Waals surface area contributed by atoms with Crippen molar-refractivity contribution >= 4 is 23.2 Å². The third-order valence-corrected chi connectivity index (χ3v) is 4.28. The molecule has 2 amide bonds. The second-order valence-electron chi connectivity index (χ2n) is 6.77. The van der Waals surface area contributed by atoms with Gasteiger partial charge in [0.25, 0.3) is 11.8 Å². The van der Waals surface area contributed by atoms with Crippen LogP contribution in [0.5, 0.6) is 0 Å². The summed E-state index contributed by atoms with van der Waals surface area (Å²) in [5.41, 5.74) is 1.83. The monoisotopic (exact) mass is 395 g/mol. The second-order valence-corrected chi connectivity index (χ2v) is 6.77. The molecular formula is C22H19F2N3O2. The van der Waals surface area contributed by atoms with E-state index in [0.29, 0.717) is 17.7 Å². The molecular weight excluding hydrogens is 376 g/mol. The van der Waals surface area contributed by atoms with Crippen LogP contribution in [0.15, 0.2) is 60.9 Å². The highest BCUT2D eigenvalue weighted by molar-refractivity contribution is 6.08. The van der Waals surface area contributed by atoms with Gasteiger partial charge in [-0.1, -0.05) is 26.0 Å². The van der Waals surface area contributed by atoms with Gasteiger partial charge in [-0.05, 0) is 41.8 Å². The molecule has 0 fully saturated rings. The molecule has 5 nitrogen and oxygen atoms in total. The minimum absolute atomic E-state index is 0.0662. The van der Waals surface area contributed by atoms with Crippen molar-refractivity contribution in [2.75, 3.05) is 10.6 Å². The smallest absolute Gasteiger partial charge is 0.257 e. The number of anilines is 2. The highest BCUT2D eigenvalue weighted by Gasteiger charge is 2.14. The van der Waals surface area contributed by atoms with E-state index in [2.05, 4.69) is 29.5 Å². The van der Waals surface area contributed by atoms with Crippen molar-refractivity contribution in [2.45, 2.75) is 19.8 Å². The number of hydrogen-bond donors (Lipinski definition) is 2. The number of halogens is 2. The van der Waals surface area contributed by atoms with Gasteiger partial charge in [-0.25, -0.2) is 8.78 Å². The lowest BCUT2D eigenvalue weighted by atomic mass is 10.0. The standard InChI is InChI=1S/C22H19F2N3O2/c1-13(2)14-3-6-18(7-4-14)26-21(28)15-9-16(12-25-11-15)22(29)27-20-8-5-17(23)10-19(20)24/h3-13H,1-2H3,(H,26,28)(H,27,29). The Morgan fingerprint density at radius 2 is 1.48 bits per heavy atom. The third-order valence-electron chi connectivity index (χ3n) is 4.28. The average molecular weight is 395 g/mol. The lowest BCUT2D eigenvalue weighted by Gasteiger charge is -2.09. The molecule has 1 aromatic heterocycles. The Hall–Kier alpha value is -3.61. The SMILES string of the molecule is CC(C)c1ccc(NC(=O)c2cncc(C(=O)Nc3ccc(F)cc3F)c2)cc1. The van der Waals surface area contributed by atoms with Crippen molar-refractivity contribution in [2.24, 2.45) is 0 Å². The Morgan fingerprint density at radius 1 is 0.862 bits per heavy atom. The molecule has 0 saturated heterocycles. The molecule has 0 aliphatic rings. The zero-order chi connectivity index (χ0) is 21.0. The van der Waals surface area contributed by atoms with Gasteiger partial charge in [0.15, 0.2) is 0 Å². The van der Waals surface area contributed by atoms with Crippen molar-refractivity contribution in [3.8, 4) is 0 Å². The van der Waals surface area contributed by atoms with Gasteiger partial charge in [-0.15, -0.1) is 0 Å². The topological polar surface area (TPSA) is 71.1 Å². The first kappa shape index (κ1) is 20.1. The summed E-state index contributed by atoms with van der Waals surface area (Å²) in [5, 5.41) is 5.08. The fourth-order valence-corrected chi connectivity index (χ4v) is 2.63. The number of nitrogens with zero attached hydrogens (tertiary/aromatic N) is 1. The Bertz CT molecular complexity index is 1050. The first-order valence-corrected chi connectivity index (χ1v) is 8.96. The number of rotatable bonds is 5. The van der Waals surface area contributed by atoms with Crippen LogP contribution in [0, 0.1) is 11.6 Å². The molecule has 0 unspecified atom stereocenters. The van der Waals surface area contributed by atoms with E-state index < -0.39 is 23.4 Å². The van der Waals surface area contributed by atoms with Crippen LogP contribution in [0.4, 0.5) is 20.2 Å². The van der Waals surface area contributed by atoms with Crippen LogP contribution in [-0.4, -0.2) is 16.8 Å². The van der Waals surface area contributed by atoms with Crippen molar-refractivity contribution < 1.29 is 18.4 Å². The molecule has 7 heteroatoms. The van der Waals surface area contributed by atoms with Gasteiger partial charge in [-0.3, -0.25) is 14.6 Å². The third kappa shape index (κ3) is 5.01. The van der Waals surface area contributed by atoms with Crippen LogP contribution in [0.1, 0.15) is 46.0 Å². The summed E-state index contributed by atoms with van der Waals surface area (Å²) in [6.45, 7) is 4.15. The van der Waals surface area contributed by atoms with Crippen molar-refractivity contribution in [1.82, 2.24) is 4.98 Å². The molecule has 3 aromatic rings. The number of pyridine rings is 1. The number of carbonyl (C=O) groups excluding carboxylic acids is 2. The minimum Gasteiger partial charge on any atom is -0.322 e. The van der Waals surface area contributed by atoms with Gasteiger partial charge in [0.2, 0.25) is 0 Å². The van der Waals surface area contributed by atoms with Crippen LogP contribution in [0.2, 0.25) is 0 Å². The number of hydrogen-bond acceptors (Lipinski definition) is 3. The van der Waals surface area contributed by atoms with E-state index in [9.17, 15) is 18.4 Å². The Morgan fingerprint density at radius 3 is 2.07 bits per heavy atom. The van der Waals surface area contributed by atoms with E-state index >= 15 is 0 Å². The summed E-state index contributed by atoms with van der Waals surface area (Å²) in [5.74, 6) is -2.37. The van der Waals surface area contributed by atoms with Crippen molar-refractivity contribution in [3.63, 3.8) is 0 Å². The molecule has 0 aliphatic carbocycles. The molecule has 0 radical (unpaired) electrons.